The van der Waals surface area contributed by atoms with Crippen LogP contribution < -0.4 is 10.6 Å². The van der Waals surface area contributed by atoms with Crippen LogP contribution in [0.15, 0.2) is 18.2 Å². The molecular formula is C14H17ClN2O2S. The van der Waals surface area contributed by atoms with Crippen molar-refractivity contribution in [1.82, 2.24) is 0 Å². The molecule has 1 saturated heterocycles. The summed E-state index contributed by atoms with van der Waals surface area (Å²) in [5, 5.41) is 0.532. The molecule has 2 atom stereocenters. The van der Waals surface area contributed by atoms with Crippen LogP contribution in [0.3, 0.4) is 0 Å². The maximum atomic E-state index is 11.8. The van der Waals surface area contributed by atoms with Crippen molar-refractivity contribution >= 4 is 40.5 Å². The summed E-state index contributed by atoms with van der Waals surface area (Å²) in [6.07, 6.45) is 0. The Bertz CT molecular complexity index is 550. The highest BCUT2D eigenvalue weighted by Crippen LogP contribution is 2.33. The van der Waals surface area contributed by atoms with Gasteiger partial charge in [-0.2, -0.15) is 0 Å². The van der Waals surface area contributed by atoms with Gasteiger partial charge in [0.25, 0.3) is 0 Å². The fraction of sp³-hybridized carbons (Fsp3) is 0.429. The Labute approximate surface area is 128 Å². The van der Waals surface area contributed by atoms with E-state index in [-0.39, 0.29) is 22.8 Å². The molecule has 1 aliphatic rings. The molecule has 0 aromatic heterocycles. The molecule has 4 nitrogen and oxygen atoms in total. The smallest absolute Gasteiger partial charge is 0.310 e. The third-order valence-corrected chi connectivity index (χ3v) is 4.21. The first-order chi connectivity index (χ1) is 9.45. The molecule has 108 valence electrons. The second-order valence-electron chi connectivity index (χ2n) is 5.01. The predicted molar refractivity (Wildman–Crippen MR) is 84.2 cm³/mol. The van der Waals surface area contributed by atoms with E-state index in [2.05, 4.69) is 4.90 Å². The molecule has 0 radical (unpaired) electrons. The molecule has 1 aromatic rings. The van der Waals surface area contributed by atoms with Crippen molar-refractivity contribution in [2.45, 2.75) is 6.92 Å². The summed E-state index contributed by atoms with van der Waals surface area (Å²) in [6, 6.07) is 5.54. The fourth-order valence-electron chi connectivity index (χ4n) is 2.64. The van der Waals surface area contributed by atoms with E-state index >= 15 is 0 Å². The quantitative estimate of drug-likeness (QED) is 0.685. The Morgan fingerprint density at radius 1 is 1.50 bits per heavy atom. The van der Waals surface area contributed by atoms with E-state index in [0.717, 1.165) is 12.2 Å². The first-order valence-corrected chi connectivity index (χ1v) is 7.15. The molecular weight excluding hydrogens is 296 g/mol. The molecule has 1 fully saturated rings. The van der Waals surface area contributed by atoms with Gasteiger partial charge in [-0.05, 0) is 18.1 Å². The molecule has 0 bridgehead atoms. The number of carbonyl (C=O) groups excluding carboxylic acids is 1. The van der Waals surface area contributed by atoms with Crippen molar-refractivity contribution < 1.29 is 9.53 Å². The van der Waals surface area contributed by atoms with Crippen LogP contribution in [0.1, 0.15) is 12.5 Å². The zero-order valence-corrected chi connectivity index (χ0v) is 13.0. The Hall–Kier alpha value is -1.33. The van der Waals surface area contributed by atoms with E-state index in [0.29, 0.717) is 17.1 Å². The van der Waals surface area contributed by atoms with Gasteiger partial charge in [0.05, 0.1) is 23.6 Å². The van der Waals surface area contributed by atoms with Crippen molar-refractivity contribution in [3.8, 4) is 0 Å². The van der Waals surface area contributed by atoms with Gasteiger partial charge in [-0.15, -0.1) is 0 Å². The maximum absolute atomic E-state index is 11.8. The summed E-state index contributed by atoms with van der Waals surface area (Å²) in [4.78, 5) is 14.1. The summed E-state index contributed by atoms with van der Waals surface area (Å²) < 4.78 is 4.85. The minimum atomic E-state index is -0.182. The number of rotatable bonds is 3. The van der Waals surface area contributed by atoms with E-state index in [1.807, 2.05) is 19.1 Å². The second-order valence-corrected chi connectivity index (χ2v) is 5.86. The van der Waals surface area contributed by atoms with Crippen molar-refractivity contribution in [2.24, 2.45) is 17.6 Å². The van der Waals surface area contributed by atoms with Crippen LogP contribution in [0.4, 0.5) is 5.69 Å². The number of thiocarbonyl (C=S) groups is 1. The summed E-state index contributed by atoms with van der Waals surface area (Å²) in [5.74, 6) is -0.113. The molecule has 0 amide bonds. The highest BCUT2D eigenvalue weighted by molar-refractivity contribution is 7.80. The topological polar surface area (TPSA) is 55.6 Å². The van der Waals surface area contributed by atoms with Crippen LogP contribution in [0, 0.1) is 11.8 Å². The molecule has 2 rings (SSSR count). The van der Waals surface area contributed by atoms with E-state index in [1.165, 1.54) is 7.11 Å². The summed E-state index contributed by atoms with van der Waals surface area (Å²) in [5.41, 5.74) is 7.31. The van der Waals surface area contributed by atoms with Gasteiger partial charge in [-0.1, -0.05) is 36.8 Å². The van der Waals surface area contributed by atoms with Gasteiger partial charge in [-0.25, -0.2) is 0 Å². The first kappa shape index (κ1) is 15.1. The molecule has 1 heterocycles. The normalized spacial score (nSPS) is 21.9. The Balaban J connectivity index is 2.33. The van der Waals surface area contributed by atoms with Crippen LogP contribution >= 0.6 is 23.8 Å². The van der Waals surface area contributed by atoms with Crippen molar-refractivity contribution in [3.63, 3.8) is 0 Å². The Morgan fingerprint density at radius 2 is 2.20 bits per heavy atom. The maximum Gasteiger partial charge on any atom is 0.310 e. The van der Waals surface area contributed by atoms with Gasteiger partial charge in [0, 0.05) is 18.8 Å². The van der Waals surface area contributed by atoms with Crippen LogP contribution in [0.25, 0.3) is 0 Å². The molecule has 2 N–H and O–H groups in total. The summed E-state index contributed by atoms with van der Waals surface area (Å²) in [7, 11) is 1.41. The minimum absolute atomic E-state index is 0.141. The lowest BCUT2D eigenvalue weighted by atomic mass is 9.99. The molecule has 1 aliphatic heterocycles. The number of ether oxygens (including phenoxy) is 1. The zero-order valence-electron chi connectivity index (χ0n) is 11.4. The number of nitrogens with zero attached hydrogens (tertiary/aromatic N) is 1. The third kappa shape index (κ3) is 2.74. The SMILES string of the molecule is COC(=O)C1CN(c2cccc(Cl)c2C(N)=S)CC1C. The van der Waals surface area contributed by atoms with Gasteiger partial charge < -0.3 is 15.4 Å². The molecule has 0 aliphatic carbocycles. The largest absolute Gasteiger partial charge is 0.469 e. The monoisotopic (exact) mass is 312 g/mol. The first-order valence-electron chi connectivity index (χ1n) is 6.36. The fourth-order valence-corrected chi connectivity index (χ4v) is 3.18. The lowest BCUT2D eigenvalue weighted by Gasteiger charge is -2.22. The molecule has 2 unspecified atom stereocenters. The molecule has 20 heavy (non-hydrogen) atoms. The van der Waals surface area contributed by atoms with Gasteiger partial charge in [0.15, 0.2) is 0 Å². The molecule has 0 saturated carbocycles. The number of halogens is 1. The number of hydrogen-bond acceptors (Lipinski definition) is 4. The van der Waals surface area contributed by atoms with Gasteiger partial charge in [0.1, 0.15) is 4.99 Å². The number of nitrogens with two attached hydrogens (primary N) is 1. The Kier molecular flexibility index (Phi) is 4.50. The van der Waals surface area contributed by atoms with E-state index in [4.69, 9.17) is 34.3 Å². The number of carbonyl (C=O) groups is 1. The van der Waals surface area contributed by atoms with Crippen LogP contribution in [-0.4, -0.2) is 31.2 Å². The van der Waals surface area contributed by atoms with Crippen LogP contribution in [-0.2, 0) is 9.53 Å². The van der Waals surface area contributed by atoms with E-state index in [1.54, 1.807) is 6.07 Å². The number of esters is 1. The molecule has 6 heteroatoms. The molecule has 0 spiro atoms. The number of methoxy groups -OCH3 is 1. The van der Waals surface area contributed by atoms with E-state index in [9.17, 15) is 4.79 Å². The highest BCUT2D eigenvalue weighted by atomic mass is 35.5. The van der Waals surface area contributed by atoms with Crippen molar-refractivity contribution in [2.75, 3.05) is 25.1 Å². The van der Waals surface area contributed by atoms with E-state index < -0.39 is 0 Å². The number of hydrogen-bond donors (Lipinski definition) is 1. The van der Waals surface area contributed by atoms with Gasteiger partial charge >= 0.3 is 5.97 Å². The predicted octanol–water partition coefficient (Wildman–Crippen LogP) is 2.22. The average molecular weight is 313 g/mol. The lowest BCUT2D eigenvalue weighted by Crippen LogP contribution is -2.26. The lowest BCUT2D eigenvalue weighted by molar-refractivity contribution is -0.145. The summed E-state index contributed by atoms with van der Waals surface area (Å²) in [6.45, 7) is 3.37. The van der Waals surface area contributed by atoms with Gasteiger partial charge in [0.2, 0.25) is 0 Å². The number of benzene rings is 1. The van der Waals surface area contributed by atoms with Crippen LogP contribution in [0.2, 0.25) is 5.02 Å². The van der Waals surface area contributed by atoms with Crippen molar-refractivity contribution in [3.05, 3.63) is 28.8 Å². The van der Waals surface area contributed by atoms with Crippen LogP contribution in [0.5, 0.6) is 0 Å². The second kappa shape index (κ2) is 5.97. The molecule has 1 aromatic carbocycles. The average Bonchev–Trinajstić information content (AvgIpc) is 2.79. The van der Waals surface area contributed by atoms with Gasteiger partial charge in [-0.3, -0.25) is 4.79 Å². The van der Waals surface area contributed by atoms with Crippen molar-refractivity contribution in [1.29, 1.82) is 0 Å². The highest BCUT2D eigenvalue weighted by Gasteiger charge is 2.36. The Morgan fingerprint density at radius 3 is 2.80 bits per heavy atom. The zero-order chi connectivity index (χ0) is 14.9. The summed E-state index contributed by atoms with van der Waals surface area (Å²) >= 11 is 11.3. The number of anilines is 1. The minimum Gasteiger partial charge on any atom is -0.469 e. The standard InChI is InChI=1S/C14H17ClN2O2S/c1-8-6-17(7-9(8)14(18)19-2)11-5-3-4-10(15)12(11)13(16)20/h3-5,8-9H,6-7H2,1-2H3,(H2,16,20). The third-order valence-electron chi connectivity index (χ3n) is 3.69.